The molecule has 1 N–H and O–H groups in total. The highest BCUT2D eigenvalue weighted by atomic mass is 19.4. The fourth-order valence-corrected chi connectivity index (χ4v) is 2.53. The summed E-state index contributed by atoms with van der Waals surface area (Å²) in [7, 11) is 1.45. The van der Waals surface area contributed by atoms with E-state index in [9.17, 15) is 17.6 Å². The number of ether oxygens (including phenoxy) is 1. The van der Waals surface area contributed by atoms with Gasteiger partial charge in [0.1, 0.15) is 11.6 Å². The summed E-state index contributed by atoms with van der Waals surface area (Å²) in [6.45, 7) is 3.50. The first kappa shape index (κ1) is 18.3. The molecule has 6 heteroatoms. The van der Waals surface area contributed by atoms with Gasteiger partial charge in [-0.1, -0.05) is 18.2 Å². The van der Waals surface area contributed by atoms with Crippen LogP contribution in [-0.2, 0) is 6.18 Å². The van der Waals surface area contributed by atoms with Gasteiger partial charge >= 0.3 is 6.18 Å². The molecule has 0 radical (unpaired) electrons. The Kier molecular flexibility index (Phi) is 5.49. The first-order valence-corrected chi connectivity index (χ1v) is 7.49. The number of benzene rings is 2. The lowest BCUT2D eigenvalue weighted by molar-refractivity contribution is -0.137. The zero-order valence-corrected chi connectivity index (χ0v) is 13.6. The zero-order valence-electron chi connectivity index (χ0n) is 13.6. The van der Waals surface area contributed by atoms with Crippen molar-refractivity contribution in [1.82, 2.24) is 5.32 Å². The average molecular weight is 341 g/mol. The number of hydrogen-bond donors (Lipinski definition) is 1. The summed E-state index contributed by atoms with van der Waals surface area (Å²) < 4.78 is 57.5. The van der Waals surface area contributed by atoms with Crippen molar-refractivity contribution in [2.24, 2.45) is 0 Å². The lowest BCUT2D eigenvalue weighted by Gasteiger charge is -2.22. The second-order valence-corrected chi connectivity index (χ2v) is 5.62. The summed E-state index contributed by atoms with van der Waals surface area (Å²) in [6.07, 6.45) is -4.39. The summed E-state index contributed by atoms with van der Waals surface area (Å²) in [6, 6.07) is 8.90. The van der Waals surface area contributed by atoms with E-state index in [-0.39, 0.29) is 12.1 Å². The van der Waals surface area contributed by atoms with Crippen LogP contribution < -0.4 is 10.1 Å². The Bertz CT molecular complexity index is 700. The van der Waals surface area contributed by atoms with E-state index in [2.05, 4.69) is 5.32 Å². The molecule has 0 aromatic heterocycles. The Labute approximate surface area is 138 Å². The molecule has 130 valence electrons. The van der Waals surface area contributed by atoms with Crippen molar-refractivity contribution in [1.29, 1.82) is 0 Å². The van der Waals surface area contributed by atoms with Crippen molar-refractivity contribution >= 4 is 0 Å². The molecule has 2 unspecified atom stereocenters. The first-order chi connectivity index (χ1) is 11.2. The third-order valence-corrected chi connectivity index (χ3v) is 3.89. The van der Waals surface area contributed by atoms with Gasteiger partial charge in [-0.2, -0.15) is 13.2 Å². The van der Waals surface area contributed by atoms with Crippen molar-refractivity contribution in [2.75, 3.05) is 7.11 Å². The van der Waals surface area contributed by atoms with Crippen LogP contribution in [0.4, 0.5) is 17.6 Å². The highest BCUT2D eigenvalue weighted by Gasteiger charge is 2.30. The molecule has 0 saturated carbocycles. The van der Waals surface area contributed by atoms with E-state index in [1.165, 1.54) is 19.2 Å². The van der Waals surface area contributed by atoms with Crippen LogP contribution in [0.5, 0.6) is 5.75 Å². The van der Waals surface area contributed by atoms with Gasteiger partial charge < -0.3 is 10.1 Å². The minimum Gasteiger partial charge on any atom is -0.497 e. The van der Waals surface area contributed by atoms with Crippen LogP contribution in [0.1, 0.15) is 42.6 Å². The molecule has 0 bridgehead atoms. The van der Waals surface area contributed by atoms with Gasteiger partial charge in [0, 0.05) is 23.7 Å². The van der Waals surface area contributed by atoms with Crippen molar-refractivity contribution in [3.63, 3.8) is 0 Å². The van der Waals surface area contributed by atoms with E-state index < -0.39 is 17.6 Å². The number of methoxy groups -OCH3 is 1. The van der Waals surface area contributed by atoms with Crippen LogP contribution >= 0.6 is 0 Å². The average Bonchev–Trinajstić information content (AvgIpc) is 2.53. The third-order valence-electron chi connectivity index (χ3n) is 3.89. The maximum absolute atomic E-state index is 14.1. The summed E-state index contributed by atoms with van der Waals surface area (Å²) in [5.74, 6) is -0.0139. The van der Waals surface area contributed by atoms with Crippen molar-refractivity contribution in [3.8, 4) is 5.75 Å². The highest BCUT2D eigenvalue weighted by Crippen LogP contribution is 2.31. The van der Waals surface area contributed by atoms with Crippen molar-refractivity contribution < 1.29 is 22.3 Å². The summed E-state index contributed by atoms with van der Waals surface area (Å²) in [5, 5.41) is 3.12. The molecule has 2 rings (SSSR count). The minimum atomic E-state index is -4.39. The Morgan fingerprint density at radius 3 is 2.29 bits per heavy atom. The largest absolute Gasteiger partial charge is 0.497 e. The molecule has 0 spiro atoms. The molecule has 2 aromatic rings. The molecule has 0 amide bonds. The molecule has 24 heavy (non-hydrogen) atoms. The fraction of sp³-hybridized carbons (Fsp3) is 0.333. The number of halogens is 4. The van der Waals surface area contributed by atoms with Crippen LogP contribution in [0.15, 0.2) is 42.5 Å². The van der Waals surface area contributed by atoms with Gasteiger partial charge in [-0.25, -0.2) is 4.39 Å². The summed E-state index contributed by atoms with van der Waals surface area (Å²) >= 11 is 0. The topological polar surface area (TPSA) is 21.3 Å². The van der Waals surface area contributed by atoms with E-state index in [0.717, 1.165) is 12.1 Å². The quantitative estimate of drug-likeness (QED) is 0.749. The first-order valence-electron chi connectivity index (χ1n) is 7.49. The van der Waals surface area contributed by atoms with E-state index in [1.54, 1.807) is 32.0 Å². The number of nitrogens with one attached hydrogen (secondary N) is 1. The summed E-state index contributed by atoms with van der Waals surface area (Å²) in [4.78, 5) is 0. The Hall–Kier alpha value is -2.08. The van der Waals surface area contributed by atoms with Crippen LogP contribution in [-0.4, -0.2) is 7.11 Å². The van der Waals surface area contributed by atoms with Gasteiger partial charge in [0.05, 0.1) is 12.7 Å². The SMILES string of the molecule is COc1ccc(C(C)NC(C)c2cccc(C(F)(F)F)c2)c(F)c1. The molecule has 0 aliphatic heterocycles. The van der Waals surface area contributed by atoms with E-state index in [1.807, 2.05) is 0 Å². The van der Waals surface area contributed by atoms with Crippen LogP contribution in [0.25, 0.3) is 0 Å². The van der Waals surface area contributed by atoms with Gasteiger partial charge in [-0.15, -0.1) is 0 Å². The Morgan fingerprint density at radius 2 is 1.71 bits per heavy atom. The minimum absolute atomic E-state index is 0.371. The molecule has 2 atom stereocenters. The standard InChI is InChI=1S/C18H19F4NO/c1-11(13-5-4-6-14(9-13)18(20,21)22)23-12(2)16-8-7-15(24-3)10-17(16)19/h4-12,23H,1-3H3. The molecule has 0 aliphatic carbocycles. The van der Waals surface area contributed by atoms with Gasteiger partial charge in [0.15, 0.2) is 0 Å². The summed E-state index contributed by atoms with van der Waals surface area (Å²) in [5.41, 5.74) is 0.220. The maximum Gasteiger partial charge on any atom is 0.416 e. The van der Waals surface area contributed by atoms with Crippen LogP contribution in [0.2, 0.25) is 0 Å². The number of rotatable bonds is 5. The predicted octanol–water partition coefficient (Wildman–Crippen LogP) is 5.26. The number of alkyl halides is 3. The second kappa shape index (κ2) is 7.21. The predicted molar refractivity (Wildman–Crippen MR) is 84.4 cm³/mol. The van der Waals surface area contributed by atoms with Gasteiger partial charge in [0.25, 0.3) is 0 Å². The lowest BCUT2D eigenvalue weighted by atomic mass is 10.0. The van der Waals surface area contributed by atoms with E-state index in [4.69, 9.17) is 4.74 Å². The smallest absolute Gasteiger partial charge is 0.416 e. The zero-order chi connectivity index (χ0) is 17.9. The van der Waals surface area contributed by atoms with Crippen LogP contribution in [0.3, 0.4) is 0 Å². The van der Waals surface area contributed by atoms with Gasteiger partial charge in [0.2, 0.25) is 0 Å². The van der Waals surface area contributed by atoms with Gasteiger partial charge in [-0.05, 0) is 37.6 Å². The molecular formula is C18H19F4NO. The maximum atomic E-state index is 14.1. The Morgan fingerprint density at radius 1 is 1.00 bits per heavy atom. The van der Waals surface area contributed by atoms with Crippen molar-refractivity contribution in [3.05, 3.63) is 65.0 Å². The van der Waals surface area contributed by atoms with Gasteiger partial charge in [-0.3, -0.25) is 0 Å². The molecule has 0 saturated heterocycles. The number of hydrogen-bond acceptors (Lipinski definition) is 2. The fourth-order valence-electron chi connectivity index (χ4n) is 2.53. The van der Waals surface area contributed by atoms with Crippen molar-refractivity contribution in [2.45, 2.75) is 32.1 Å². The molecule has 2 nitrogen and oxygen atoms in total. The highest BCUT2D eigenvalue weighted by molar-refractivity contribution is 5.32. The monoisotopic (exact) mass is 341 g/mol. The van der Waals surface area contributed by atoms with E-state index >= 15 is 0 Å². The third kappa shape index (κ3) is 4.26. The lowest BCUT2D eigenvalue weighted by Crippen LogP contribution is -2.23. The Balaban J connectivity index is 2.16. The molecule has 0 fully saturated rings. The molecule has 0 heterocycles. The van der Waals surface area contributed by atoms with E-state index in [0.29, 0.717) is 16.9 Å². The van der Waals surface area contributed by atoms with Crippen LogP contribution in [0, 0.1) is 5.82 Å². The molecule has 2 aromatic carbocycles. The molecule has 0 aliphatic rings. The molecular weight excluding hydrogens is 322 g/mol. The normalized spacial score (nSPS) is 14.3. The second-order valence-electron chi connectivity index (χ2n) is 5.62.